The molecule has 2 rings (SSSR count). The fourth-order valence-electron chi connectivity index (χ4n) is 1.48. The topological polar surface area (TPSA) is 13.1 Å². The smallest absolute Gasteiger partial charge is 0.464 e. The van der Waals surface area contributed by atoms with Crippen LogP contribution in [-0.4, -0.2) is 6.98 Å². The molecule has 0 bridgehead atoms. The maximum atomic E-state index is 12.4. The highest BCUT2D eigenvalue weighted by atomic mass is 19.4. The molecule has 14 heavy (non-hydrogen) atoms. The lowest BCUT2D eigenvalue weighted by molar-refractivity contribution is 0.501. The molecule has 0 atom stereocenters. The summed E-state index contributed by atoms with van der Waals surface area (Å²) in [5, 5.41) is 0.499. The van der Waals surface area contributed by atoms with Gasteiger partial charge in [-0.1, -0.05) is 12.1 Å². The van der Waals surface area contributed by atoms with Gasteiger partial charge in [0.05, 0.1) is 6.26 Å². The van der Waals surface area contributed by atoms with Gasteiger partial charge in [0.1, 0.15) is 5.58 Å². The maximum absolute atomic E-state index is 12.4. The van der Waals surface area contributed by atoms with E-state index in [1.54, 1.807) is 6.92 Å². The second-order valence-corrected chi connectivity index (χ2v) is 3.25. The quantitative estimate of drug-likeness (QED) is 0.643. The van der Waals surface area contributed by atoms with Crippen molar-refractivity contribution in [2.45, 2.75) is 6.92 Å². The molecule has 0 fully saturated rings. The summed E-state index contributed by atoms with van der Waals surface area (Å²) in [7, 11) is 0. The molecule has 0 unspecified atom stereocenters. The van der Waals surface area contributed by atoms with Gasteiger partial charge in [-0.15, -0.1) is 5.46 Å². The third-order valence-corrected chi connectivity index (χ3v) is 2.14. The van der Waals surface area contributed by atoms with E-state index in [-0.39, 0.29) is 0 Å². The average molecular weight is 199 g/mol. The lowest BCUT2D eigenvalue weighted by Gasteiger charge is -2.15. The number of benzene rings is 1. The highest BCUT2D eigenvalue weighted by Crippen LogP contribution is 2.20. The number of halogens is 3. The Morgan fingerprint density at radius 2 is 1.93 bits per heavy atom. The third kappa shape index (κ3) is 1.39. The molecular formula is C9H7BF3O-. The molecule has 0 aliphatic carbocycles. The summed E-state index contributed by atoms with van der Waals surface area (Å²) >= 11 is 0. The number of hydrogen-bond donors (Lipinski definition) is 0. The number of aryl methyl sites for hydroxylation is 1. The van der Waals surface area contributed by atoms with Gasteiger partial charge in [0, 0.05) is 5.39 Å². The molecule has 74 valence electrons. The summed E-state index contributed by atoms with van der Waals surface area (Å²) in [5.41, 5.74) is 0.465. The molecule has 2 aromatic rings. The number of furan rings is 1. The second kappa shape index (κ2) is 2.80. The van der Waals surface area contributed by atoms with Gasteiger partial charge in [0.2, 0.25) is 0 Å². The van der Waals surface area contributed by atoms with Crippen molar-refractivity contribution < 1.29 is 17.4 Å². The monoisotopic (exact) mass is 199 g/mol. The van der Waals surface area contributed by atoms with Gasteiger partial charge in [0.15, 0.2) is 0 Å². The average Bonchev–Trinajstić information content (AvgIpc) is 2.50. The van der Waals surface area contributed by atoms with Gasteiger partial charge in [-0.05, 0) is 18.6 Å². The zero-order valence-electron chi connectivity index (χ0n) is 7.43. The van der Waals surface area contributed by atoms with Crippen molar-refractivity contribution >= 4 is 23.4 Å². The van der Waals surface area contributed by atoms with Gasteiger partial charge in [-0.25, -0.2) is 0 Å². The summed E-state index contributed by atoms with van der Waals surface area (Å²) in [4.78, 5) is 0. The molecule has 0 saturated heterocycles. The number of hydrogen-bond acceptors (Lipinski definition) is 1. The molecule has 0 aliphatic rings. The van der Waals surface area contributed by atoms with Crippen LogP contribution in [0, 0.1) is 6.92 Å². The normalized spacial score (nSPS) is 12.3. The molecule has 5 heteroatoms. The van der Waals surface area contributed by atoms with E-state index < -0.39 is 12.4 Å². The largest absolute Gasteiger partial charge is 0.509 e. The second-order valence-electron chi connectivity index (χ2n) is 3.25. The van der Waals surface area contributed by atoms with Crippen LogP contribution in [-0.2, 0) is 0 Å². The fraction of sp³-hybridized carbons (Fsp3) is 0.111. The Kier molecular flexibility index (Phi) is 1.84. The molecule has 0 amide bonds. The van der Waals surface area contributed by atoms with Gasteiger partial charge in [-0.3, -0.25) is 0 Å². The third-order valence-electron chi connectivity index (χ3n) is 2.14. The Bertz CT molecular complexity index is 472. The van der Waals surface area contributed by atoms with E-state index in [0.717, 1.165) is 12.1 Å². The number of rotatable bonds is 1. The summed E-state index contributed by atoms with van der Waals surface area (Å²) in [5.74, 6) is 0. The van der Waals surface area contributed by atoms with Crippen molar-refractivity contribution in [3.63, 3.8) is 0 Å². The standard InChI is InChI=1S/C9H7BF3O/c1-6-4-8(10(11,12)13)5-7-2-3-14-9(6)7/h2-5H,1H3/q-1. The molecule has 1 nitrogen and oxygen atoms in total. The van der Waals surface area contributed by atoms with Gasteiger partial charge >= 0.3 is 6.98 Å². The molecule has 0 N–H and O–H groups in total. The van der Waals surface area contributed by atoms with Crippen molar-refractivity contribution in [1.82, 2.24) is 0 Å². The van der Waals surface area contributed by atoms with Gasteiger partial charge < -0.3 is 17.4 Å². The summed E-state index contributed by atoms with van der Waals surface area (Å²) in [6.07, 6.45) is 1.39. The van der Waals surface area contributed by atoms with E-state index >= 15 is 0 Å². The zero-order valence-corrected chi connectivity index (χ0v) is 7.43. The van der Waals surface area contributed by atoms with Crippen molar-refractivity contribution in [2.24, 2.45) is 0 Å². The highest BCUT2D eigenvalue weighted by Gasteiger charge is 2.26. The number of fused-ring (bicyclic) bond motifs is 1. The van der Waals surface area contributed by atoms with Crippen LogP contribution in [0.15, 0.2) is 28.9 Å². The molecule has 1 heterocycles. The van der Waals surface area contributed by atoms with Crippen LogP contribution in [0.25, 0.3) is 11.0 Å². The molecule has 1 aromatic carbocycles. The van der Waals surface area contributed by atoms with Gasteiger partial charge in [0.25, 0.3) is 0 Å². The van der Waals surface area contributed by atoms with Crippen molar-refractivity contribution in [3.8, 4) is 0 Å². The van der Waals surface area contributed by atoms with Crippen molar-refractivity contribution in [2.75, 3.05) is 0 Å². The molecule has 0 saturated carbocycles. The molecule has 0 aliphatic heterocycles. The predicted molar refractivity (Wildman–Crippen MR) is 49.7 cm³/mol. The first-order valence-electron chi connectivity index (χ1n) is 4.16. The van der Waals surface area contributed by atoms with Crippen LogP contribution in [0.5, 0.6) is 0 Å². The molecule has 0 spiro atoms. The minimum atomic E-state index is -4.93. The fourth-order valence-corrected chi connectivity index (χ4v) is 1.48. The minimum Gasteiger partial charge on any atom is -0.464 e. The Labute approximate surface area is 78.6 Å². The molecular weight excluding hydrogens is 192 g/mol. The maximum Gasteiger partial charge on any atom is 0.509 e. The van der Waals surface area contributed by atoms with Crippen LogP contribution in [0.1, 0.15) is 5.56 Å². The van der Waals surface area contributed by atoms with Crippen LogP contribution >= 0.6 is 0 Å². The zero-order chi connectivity index (χ0) is 10.3. The highest BCUT2D eigenvalue weighted by molar-refractivity contribution is 6.73. The molecule has 0 radical (unpaired) electrons. The lowest BCUT2D eigenvalue weighted by Crippen LogP contribution is -2.34. The molecule has 1 aromatic heterocycles. The van der Waals surface area contributed by atoms with E-state index in [1.165, 1.54) is 12.3 Å². The van der Waals surface area contributed by atoms with Crippen LogP contribution in [0.2, 0.25) is 0 Å². The Morgan fingerprint density at radius 3 is 2.57 bits per heavy atom. The first-order chi connectivity index (χ1) is 6.48. The van der Waals surface area contributed by atoms with E-state index in [0.29, 0.717) is 16.5 Å². The summed E-state index contributed by atoms with van der Waals surface area (Å²) in [6, 6.07) is 3.77. The first-order valence-corrected chi connectivity index (χ1v) is 4.16. The van der Waals surface area contributed by atoms with Gasteiger partial charge in [-0.2, -0.15) is 0 Å². The lowest BCUT2D eigenvalue weighted by atomic mass is 9.79. The Morgan fingerprint density at radius 1 is 1.21 bits per heavy atom. The van der Waals surface area contributed by atoms with E-state index in [1.807, 2.05) is 0 Å². The van der Waals surface area contributed by atoms with Crippen LogP contribution in [0.3, 0.4) is 0 Å². The summed E-state index contributed by atoms with van der Waals surface area (Å²) in [6.45, 7) is -3.32. The van der Waals surface area contributed by atoms with Crippen molar-refractivity contribution in [1.29, 1.82) is 0 Å². The van der Waals surface area contributed by atoms with Crippen LogP contribution < -0.4 is 5.46 Å². The van der Waals surface area contributed by atoms with Crippen molar-refractivity contribution in [3.05, 3.63) is 30.0 Å². The minimum absolute atomic E-state index is 0.499. The van der Waals surface area contributed by atoms with Crippen LogP contribution in [0.4, 0.5) is 12.9 Å². The van der Waals surface area contributed by atoms with E-state index in [2.05, 4.69) is 0 Å². The Balaban J connectivity index is 2.70. The van der Waals surface area contributed by atoms with E-state index in [9.17, 15) is 12.9 Å². The first kappa shape index (κ1) is 9.18. The predicted octanol–water partition coefficient (Wildman–Crippen LogP) is 2.80. The SMILES string of the molecule is Cc1cc([B-](F)(F)F)cc2ccoc12. The summed E-state index contributed by atoms with van der Waals surface area (Å²) < 4.78 is 42.4. The van der Waals surface area contributed by atoms with E-state index in [4.69, 9.17) is 4.42 Å². The Hall–Kier alpha value is -1.39.